The van der Waals surface area contributed by atoms with Crippen LogP contribution in [0.25, 0.3) is 0 Å². The van der Waals surface area contributed by atoms with Gasteiger partial charge in [-0.3, -0.25) is 4.72 Å². The van der Waals surface area contributed by atoms with Gasteiger partial charge in [-0.25, -0.2) is 8.42 Å². The molecule has 1 heterocycles. The molecule has 0 amide bonds. The van der Waals surface area contributed by atoms with Gasteiger partial charge in [0.15, 0.2) is 0 Å². The van der Waals surface area contributed by atoms with Gasteiger partial charge >= 0.3 is 0 Å². The lowest BCUT2D eigenvalue weighted by Gasteiger charge is -2.22. The SMILES string of the molecule is Cc1cc(NS(=O)(=O)C2CCOCC2)ccc1C#CCN. The molecule has 0 atom stereocenters. The first-order valence-corrected chi connectivity index (χ1v) is 8.46. The minimum absolute atomic E-state index is 0.303. The van der Waals surface area contributed by atoms with E-state index in [1.807, 2.05) is 6.92 Å². The van der Waals surface area contributed by atoms with Crippen LogP contribution < -0.4 is 10.5 Å². The van der Waals surface area contributed by atoms with Gasteiger partial charge in [0.05, 0.1) is 11.8 Å². The van der Waals surface area contributed by atoms with Crippen molar-refractivity contribution in [1.29, 1.82) is 0 Å². The number of rotatable bonds is 3. The monoisotopic (exact) mass is 308 g/mol. The zero-order valence-electron chi connectivity index (χ0n) is 12.1. The van der Waals surface area contributed by atoms with E-state index in [1.54, 1.807) is 18.2 Å². The summed E-state index contributed by atoms with van der Waals surface area (Å²) in [6, 6.07) is 5.32. The summed E-state index contributed by atoms with van der Waals surface area (Å²) >= 11 is 0. The molecular weight excluding hydrogens is 288 g/mol. The fraction of sp³-hybridized carbons (Fsp3) is 0.467. The molecule has 1 aromatic rings. The number of benzene rings is 1. The van der Waals surface area contributed by atoms with Crippen molar-refractivity contribution in [3.8, 4) is 11.8 Å². The first-order valence-electron chi connectivity index (χ1n) is 6.92. The molecule has 0 aromatic heterocycles. The lowest BCUT2D eigenvalue weighted by atomic mass is 10.1. The average Bonchev–Trinajstić information content (AvgIpc) is 2.47. The van der Waals surface area contributed by atoms with Crippen LogP contribution in [0.3, 0.4) is 0 Å². The molecule has 6 heteroatoms. The molecule has 2 rings (SSSR count). The third-order valence-electron chi connectivity index (χ3n) is 3.42. The molecule has 5 nitrogen and oxygen atoms in total. The molecule has 1 saturated heterocycles. The Morgan fingerprint density at radius 1 is 1.38 bits per heavy atom. The largest absolute Gasteiger partial charge is 0.381 e. The number of anilines is 1. The van der Waals surface area contributed by atoms with Gasteiger partial charge in [-0.2, -0.15) is 0 Å². The van der Waals surface area contributed by atoms with E-state index < -0.39 is 10.0 Å². The third kappa shape index (κ3) is 4.21. The van der Waals surface area contributed by atoms with Crippen LogP contribution in [0.4, 0.5) is 5.69 Å². The first-order chi connectivity index (χ1) is 10.0. The second kappa shape index (κ2) is 6.94. The summed E-state index contributed by atoms with van der Waals surface area (Å²) in [5.74, 6) is 5.75. The zero-order valence-corrected chi connectivity index (χ0v) is 12.9. The Kier molecular flexibility index (Phi) is 5.23. The van der Waals surface area contributed by atoms with Gasteiger partial charge in [0.2, 0.25) is 10.0 Å². The van der Waals surface area contributed by atoms with Crippen LogP contribution in [0.5, 0.6) is 0 Å². The van der Waals surface area contributed by atoms with Gasteiger partial charge in [0, 0.05) is 24.5 Å². The van der Waals surface area contributed by atoms with Gasteiger partial charge < -0.3 is 10.5 Å². The summed E-state index contributed by atoms with van der Waals surface area (Å²) in [6.45, 7) is 3.20. The number of nitrogens with two attached hydrogens (primary N) is 1. The average molecular weight is 308 g/mol. The number of sulfonamides is 1. The first kappa shape index (κ1) is 15.8. The molecule has 0 unspecified atom stereocenters. The van der Waals surface area contributed by atoms with E-state index in [1.165, 1.54) is 0 Å². The highest BCUT2D eigenvalue weighted by atomic mass is 32.2. The van der Waals surface area contributed by atoms with Crippen molar-refractivity contribution in [1.82, 2.24) is 0 Å². The molecule has 114 valence electrons. The number of ether oxygens (including phenoxy) is 1. The van der Waals surface area contributed by atoms with E-state index in [0.717, 1.165) is 11.1 Å². The molecule has 1 aliphatic heterocycles. The maximum absolute atomic E-state index is 12.3. The Hall–Kier alpha value is -1.55. The van der Waals surface area contributed by atoms with E-state index >= 15 is 0 Å². The normalized spacial score (nSPS) is 16.1. The molecular formula is C15H20N2O3S. The van der Waals surface area contributed by atoms with Crippen molar-refractivity contribution in [2.45, 2.75) is 25.0 Å². The lowest BCUT2D eigenvalue weighted by molar-refractivity contribution is 0.0984. The van der Waals surface area contributed by atoms with Crippen LogP contribution >= 0.6 is 0 Å². The highest BCUT2D eigenvalue weighted by molar-refractivity contribution is 7.93. The Morgan fingerprint density at radius 2 is 2.10 bits per heavy atom. The molecule has 0 bridgehead atoms. The summed E-state index contributed by atoms with van der Waals surface area (Å²) in [5, 5.41) is -0.386. The summed E-state index contributed by atoms with van der Waals surface area (Å²) < 4.78 is 32.5. The Labute approximate surface area is 125 Å². The van der Waals surface area contributed by atoms with Crippen LogP contribution in [-0.2, 0) is 14.8 Å². The van der Waals surface area contributed by atoms with Gasteiger partial charge in [0.1, 0.15) is 0 Å². The number of nitrogens with one attached hydrogen (secondary N) is 1. The minimum Gasteiger partial charge on any atom is -0.381 e. The molecule has 1 aliphatic rings. The van der Waals surface area contributed by atoms with Crippen LogP contribution in [0.1, 0.15) is 24.0 Å². The quantitative estimate of drug-likeness (QED) is 0.823. The molecule has 0 radical (unpaired) electrons. The van der Waals surface area contributed by atoms with E-state index in [9.17, 15) is 8.42 Å². The summed E-state index contributed by atoms with van der Waals surface area (Å²) in [4.78, 5) is 0. The minimum atomic E-state index is -3.37. The number of aryl methyl sites for hydroxylation is 1. The second-order valence-corrected chi connectivity index (χ2v) is 6.96. The Morgan fingerprint density at radius 3 is 2.71 bits per heavy atom. The lowest BCUT2D eigenvalue weighted by Crippen LogP contribution is -2.33. The van der Waals surface area contributed by atoms with Crippen LogP contribution in [-0.4, -0.2) is 33.4 Å². The maximum atomic E-state index is 12.3. The van der Waals surface area contributed by atoms with Crippen molar-refractivity contribution in [3.05, 3.63) is 29.3 Å². The van der Waals surface area contributed by atoms with Crippen molar-refractivity contribution in [2.24, 2.45) is 5.73 Å². The molecule has 0 saturated carbocycles. The van der Waals surface area contributed by atoms with Crippen molar-refractivity contribution in [3.63, 3.8) is 0 Å². The predicted octanol–water partition coefficient (Wildman–Crippen LogP) is 1.23. The van der Waals surface area contributed by atoms with Gasteiger partial charge in [0.25, 0.3) is 0 Å². The Balaban J connectivity index is 2.14. The molecule has 21 heavy (non-hydrogen) atoms. The smallest absolute Gasteiger partial charge is 0.235 e. The number of hydrogen-bond acceptors (Lipinski definition) is 4. The maximum Gasteiger partial charge on any atom is 0.235 e. The van der Waals surface area contributed by atoms with Gasteiger partial charge in [-0.15, -0.1) is 0 Å². The topological polar surface area (TPSA) is 81.4 Å². The molecule has 0 spiro atoms. The summed E-state index contributed by atoms with van der Waals surface area (Å²) in [7, 11) is -3.37. The van der Waals surface area contributed by atoms with E-state index in [2.05, 4.69) is 16.6 Å². The molecule has 1 fully saturated rings. The second-order valence-electron chi connectivity index (χ2n) is 4.99. The van der Waals surface area contributed by atoms with Gasteiger partial charge in [-0.05, 0) is 43.5 Å². The van der Waals surface area contributed by atoms with E-state index in [-0.39, 0.29) is 5.25 Å². The van der Waals surface area contributed by atoms with Crippen LogP contribution in [0.2, 0.25) is 0 Å². The molecule has 1 aromatic carbocycles. The van der Waals surface area contributed by atoms with Crippen molar-refractivity contribution >= 4 is 15.7 Å². The standard InChI is InChI=1S/C15H20N2O3S/c1-12-11-14(5-4-13(12)3-2-8-16)17-21(18,19)15-6-9-20-10-7-15/h4-5,11,15,17H,6-10,16H2,1H3. The van der Waals surface area contributed by atoms with Crippen LogP contribution in [0.15, 0.2) is 18.2 Å². The summed E-state index contributed by atoms with van der Waals surface area (Å²) in [6.07, 6.45) is 1.07. The fourth-order valence-corrected chi connectivity index (χ4v) is 3.68. The van der Waals surface area contributed by atoms with Crippen LogP contribution in [0, 0.1) is 18.8 Å². The summed E-state index contributed by atoms with van der Waals surface area (Å²) in [5.41, 5.74) is 7.69. The van der Waals surface area contributed by atoms with Crippen molar-refractivity contribution < 1.29 is 13.2 Å². The van der Waals surface area contributed by atoms with E-state index in [0.29, 0.717) is 38.3 Å². The van der Waals surface area contributed by atoms with E-state index in [4.69, 9.17) is 10.5 Å². The number of hydrogen-bond donors (Lipinski definition) is 2. The molecule has 0 aliphatic carbocycles. The fourth-order valence-electron chi connectivity index (χ4n) is 2.25. The zero-order chi connectivity index (χ0) is 15.3. The molecule has 3 N–H and O–H groups in total. The third-order valence-corrected chi connectivity index (χ3v) is 5.29. The van der Waals surface area contributed by atoms with Gasteiger partial charge in [-0.1, -0.05) is 11.8 Å². The highest BCUT2D eigenvalue weighted by Crippen LogP contribution is 2.21. The van der Waals surface area contributed by atoms with Crippen molar-refractivity contribution in [2.75, 3.05) is 24.5 Å². The highest BCUT2D eigenvalue weighted by Gasteiger charge is 2.27. The Bertz CT molecular complexity index is 653. The predicted molar refractivity (Wildman–Crippen MR) is 83.5 cm³/mol.